The van der Waals surface area contributed by atoms with E-state index in [-0.39, 0.29) is 6.42 Å². The highest BCUT2D eigenvalue weighted by Crippen LogP contribution is 2.16. The van der Waals surface area contributed by atoms with Crippen molar-refractivity contribution in [3.8, 4) is 0 Å². The molecular formula is C30H45N3O3. The summed E-state index contributed by atoms with van der Waals surface area (Å²) in [5.74, 6) is 0.0500. The van der Waals surface area contributed by atoms with Crippen LogP contribution in [0.2, 0.25) is 0 Å². The first-order valence-corrected chi connectivity index (χ1v) is 12.9. The molecule has 0 spiro atoms. The first-order chi connectivity index (χ1) is 17.7. The quantitative estimate of drug-likeness (QED) is 0.236. The number of rotatable bonds is 12. The topological polar surface area (TPSA) is 83.5 Å². The summed E-state index contributed by atoms with van der Waals surface area (Å²) in [6.45, 7) is 10.2. The van der Waals surface area contributed by atoms with E-state index in [9.17, 15) is 4.79 Å². The molecule has 1 heterocycles. The summed E-state index contributed by atoms with van der Waals surface area (Å²) in [6, 6.07) is 23.6. The van der Waals surface area contributed by atoms with Crippen LogP contribution in [0.4, 0.5) is 11.5 Å². The molecule has 0 unspecified atom stereocenters. The molecule has 6 heteroatoms. The van der Waals surface area contributed by atoms with Crippen LogP contribution in [0.1, 0.15) is 51.7 Å². The summed E-state index contributed by atoms with van der Waals surface area (Å²) in [6.07, 6.45) is 4.64. The average molecular weight is 496 g/mol. The summed E-state index contributed by atoms with van der Waals surface area (Å²) in [5, 5.41) is 15.3. The number of ether oxygens (including phenoxy) is 1. The molecule has 0 saturated carbocycles. The van der Waals surface area contributed by atoms with Crippen LogP contribution in [0.25, 0.3) is 0 Å². The van der Waals surface area contributed by atoms with Crippen LogP contribution in [0.15, 0.2) is 79.0 Å². The molecule has 2 aromatic carbocycles. The first kappa shape index (κ1) is 32.6. The average Bonchev–Trinajstić information content (AvgIpc) is 2.94. The van der Waals surface area contributed by atoms with Crippen LogP contribution in [0.5, 0.6) is 0 Å². The fraction of sp³-hybridized carbons (Fsp3) is 0.400. The number of hydrogen-bond donors (Lipinski definition) is 3. The predicted octanol–water partition coefficient (Wildman–Crippen LogP) is 6.94. The van der Waals surface area contributed by atoms with Crippen LogP contribution < -0.4 is 10.6 Å². The van der Waals surface area contributed by atoms with Crippen LogP contribution in [0.3, 0.4) is 0 Å². The van der Waals surface area contributed by atoms with Crippen molar-refractivity contribution in [1.82, 2.24) is 4.98 Å². The Morgan fingerprint density at radius 3 is 2.11 bits per heavy atom. The normalized spacial score (nSPS) is 9.25. The molecule has 0 atom stereocenters. The standard InChI is InChI=1S/C20H27N3O3.C6H6.2C2H6/c1-21-20-18(8-5-11-23-20)22-10-2-3-12-26-13-9-16-6-4-7-17(14-16)15-19(24)25;1-2-4-6-5-3-1;2*1-2/h4-8,11,14,22H,2-3,9-10,12-13,15H2,1H3,(H,21,23)(H,24,25);1-6H;2*1-2H3. The van der Waals surface area contributed by atoms with Gasteiger partial charge in [-0.25, -0.2) is 4.98 Å². The number of anilines is 2. The highest BCUT2D eigenvalue weighted by Gasteiger charge is 2.02. The van der Waals surface area contributed by atoms with Gasteiger partial charge in [-0.1, -0.05) is 88.4 Å². The molecule has 3 N–H and O–H groups in total. The Hall–Kier alpha value is -3.38. The summed E-state index contributed by atoms with van der Waals surface area (Å²) < 4.78 is 5.69. The smallest absolute Gasteiger partial charge is 0.307 e. The van der Waals surface area contributed by atoms with Gasteiger partial charge in [0.25, 0.3) is 0 Å². The summed E-state index contributed by atoms with van der Waals surface area (Å²) in [7, 11) is 1.86. The maximum absolute atomic E-state index is 10.8. The van der Waals surface area contributed by atoms with Gasteiger partial charge in [0.05, 0.1) is 18.7 Å². The maximum atomic E-state index is 10.8. The van der Waals surface area contributed by atoms with Gasteiger partial charge in [-0.05, 0) is 42.5 Å². The van der Waals surface area contributed by atoms with Crippen LogP contribution in [-0.4, -0.2) is 42.9 Å². The van der Waals surface area contributed by atoms with Crippen molar-refractivity contribution in [2.75, 3.05) is 37.4 Å². The second-order valence-electron chi connectivity index (χ2n) is 7.19. The number of carboxylic acids is 1. The Balaban J connectivity index is 0.00000104. The lowest BCUT2D eigenvalue weighted by molar-refractivity contribution is -0.136. The van der Waals surface area contributed by atoms with E-state index >= 15 is 0 Å². The number of nitrogens with zero attached hydrogens (tertiary/aromatic N) is 1. The molecule has 0 radical (unpaired) electrons. The third-order valence-corrected chi connectivity index (χ3v) is 4.62. The van der Waals surface area contributed by atoms with Gasteiger partial charge in [0.2, 0.25) is 0 Å². The largest absolute Gasteiger partial charge is 0.481 e. The van der Waals surface area contributed by atoms with E-state index in [2.05, 4.69) is 15.6 Å². The van der Waals surface area contributed by atoms with Gasteiger partial charge in [0.15, 0.2) is 0 Å². The molecule has 0 bridgehead atoms. The van der Waals surface area contributed by atoms with Crippen LogP contribution >= 0.6 is 0 Å². The zero-order valence-corrected chi connectivity index (χ0v) is 22.7. The zero-order valence-electron chi connectivity index (χ0n) is 22.7. The third-order valence-electron chi connectivity index (χ3n) is 4.62. The van der Waals surface area contributed by atoms with Crippen molar-refractivity contribution in [1.29, 1.82) is 0 Å². The fourth-order valence-corrected chi connectivity index (χ4v) is 3.05. The monoisotopic (exact) mass is 495 g/mol. The molecule has 0 aliphatic rings. The number of hydrogen-bond acceptors (Lipinski definition) is 5. The number of carbonyl (C=O) groups is 1. The van der Waals surface area contributed by atoms with Crippen molar-refractivity contribution in [3.05, 3.63) is 90.1 Å². The molecule has 1 aromatic heterocycles. The van der Waals surface area contributed by atoms with E-state index in [1.807, 2.05) is 108 Å². The van der Waals surface area contributed by atoms with Gasteiger partial charge in [-0.3, -0.25) is 4.79 Å². The SMILES string of the molecule is CC.CC.CNc1ncccc1NCCCCOCCc1cccc(CC(=O)O)c1.c1ccccc1. The third kappa shape index (κ3) is 16.3. The van der Waals surface area contributed by atoms with E-state index in [0.717, 1.165) is 55.0 Å². The number of nitrogens with one attached hydrogen (secondary N) is 2. The van der Waals surface area contributed by atoms with E-state index in [1.54, 1.807) is 6.20 Å². The molecule has 0 aliphatic heterocycles. The number of aliphatic carboxylic acids is 1. The highest BCUT2D eigenvalue weighted by atomic mass is 16.5. The molecule has 3 aromatic rings. The van der Waals surface area contributed by atoms with Gasteiger partial charge in [-0.15, -0.1) is 0 Å². The van der Waals surface area contributed by atoms with Crippen molar-refractivity contribution in [2.24, 2.45) is 0 Å². The Labute approximate surface area is 218 Å². The van der Waals surface area contributed by atoms with E-state index in [0.29, 0.717) is 6.61 Å². The lowest BCUT2D eigenvalue weighted by Gasteiger charge is -2.10. The van der Waals surface area contributed by atoms with Crippen LogP contribution in [0, 0.1) is 0 Å². The predicted molar refractivity (Wildman–Crippen MR) is 153 cm³/mol. The molecule has 0 fully saturated rings. The first-order valence-electron chi connectivity index (χ1n) is 12.9. The van der Waals surface area contributed by atoms with Crippen molar-refractivity contribution < 1.29 is 14.6 Å². The molecular weight excluding hydrogens is 450 g/mol. The number of pyridine rings is 1. The minimum atomic E-state index is -0.805. The Kier molecular flexibility index (Phi) is 21.2. The van der Waals surface area contributed by atoms with E-state index < -0.39 is 5.97 Å². The molecule has 0 aliphatic carbocycles. The number of benzene rings is 2. The molecule has 3 rings (SSSR count). The van der Waals surface area contributed by atoms with Crippen LogP contribution in [-0.2, 0) is 22.4 Å². The van der Waals surface area contributed by atoms with Gasteiger partial charge >= 0.3 is 5.97 Å². The number of aromatic nitrogens is 1. The number of unbranched alkanes of at least 4 members (excludes halogenated alkanes) is 1. The molecule has 198 valence electrons. The second kappa shape index (κ2) is 23.4. The van der Waals surface area contributed by atoms with Gasteiger partial charge < -0.3 is 20.5 Å². The van der Waals surface area contributed by atoms with Crippen molar-refractivity contribution in [2.45, 2.75) is 53.4 Å². The van der Waals surface area contributed by atoms with Crippen molar-refractivity contribution in [3.63, 3.8) is 0 Å². The van der Waals surface area contributed by atoms with Gasteiger partial charge in [-0.2, -0.15) is 0 Å². The van der Waals surface area contributed by atoms with Gasteiger partial charge in [0, 0.05) is 26.4 Å². The molecule has 6 nitrogen and oxygen atoms in total. The van der Waals surface area contributed by atoms with E-state index in [1.165, 1.54) is 0 Å². The Morgan fingerprint density at radius 2 is 1.50 bits per heavy atom. The number of carboxylic acid groups (broad SMARTS) is 1. The van der Waals surface area contributed by atoms with Gasteiger partial charge in [0.1, 0.15) is 5.82 Å². The second-order valence-corrected chi connectivity index (χ2v) is 7.19. The maximum Gasteiger partial charge on any atom is 0.307 e. The lowest BCUT2D eigenvalue weighted by Crippen LogP contribution is -2.07. The summed E-state index contributed by atoms with van der Waals surface area (Å²) >= 11 is 0. The Morgan fingerprint density at radius 1 is 0.861 bits per heavy atom. The summed E-state index contributed by atoms with van der Waals surface area (Å²) in [4.78, 5) is 15.0. The molecule has 0 saturated heterocycles. The summed E-state index contributed by atoms with van der Waals surface area (Å²) in [5.41, 5.74) is 2.95. The lowest BCUT2D eigenvalue weighted by atomic mass is 10.1. The minimum Gasteiger partial charge on any atom is -0.481 e. The molecule has 0 amide bonds. The zero-order chi connectivity index (χ0) is 26.9. The Bertz CT molecular complexity index is 878. The molecule has 36 heavy (non-hydrogen) atoms. The minimum absolute atomic E-state index is 0.0634. The van der Waals surface area contributed by atoms with Crippen molar-refractivity contribution >= 4 is 17.5 Å². The van der Waals surface area contributed by atoms with E-state index in [4.69, 9.17) is 9.84 Å². The highest BCUT2D eigenvalue weighted by molar-refractivity contribution is 5.70. The fourth-order valence-electron chi connectivity index (χ4n) is 3.05.